The van der Waals surface area contributed by atoms with Crippen LogP contribution in [-0.2, 0) is 11.3 Å². The van der Waals surface area contributed by atoms with Crippen LogP contribution >= 0.6 is 23.2 Å². The Morgan fingerprint density at radius 2 is 1.91 bits per heavy atom. The molecule has 4 atom stereocenters. The second-order valence-corrected chi connectivity index (χ2v) is 9.15. The number of likely N-dealkylation sites (tertiary alicyclic amines) is 1. The Bertz CT molecular complexity index is 1170. The summed E-state index contributed by atoms with van der Waals surface area (Å²) in [6, 6.07) is 13.8. The van der Waals surface area contributed by atoms with Crippen molar-refractivity contribution in [3.05, 3.63) is 93.2 Å². The molecule has 8 heteroatoms. The van der Waals surface area contributed by atoms with Crippen LogP contribution < -0.4 is 10.9 Å². The summed E-state index contributed by atoms with van der Waals surface area (Å²) in [5, 5.41) is 11.9. The second kappa shape index (κ2) is 8.37. The van der Waals surface area contributed by atoms with Gasteiger partial charge >= 0.3 is 0 Å². The number of aromatic hydroxyl groups is 1. The van der Waals surface area contributed by atoms with Crippen LogP contribution in [-0.4, -0.2) is 26.9 Å². The normalized spacial score (nSPS) is 24.7. The number of carbonyl (C=O) groups excluding carboxylic acids is 1. The Hall–Kier alpha value is -2.64. The van der Waals surface area contributed by atoms with Crippen LogP contribution in [0.3, 0.4) is 0 Å². The van der Waals surface area contributed by atoms with Crippen LogP contribution in [0.15, 0.2) is 60.9 Å². The highest BCUT2D eigenvalue weighted by Gasteiger charge is 2.55. The van der Waals surface area contributed by atoms with Gasteiger partial charge in [-0.05, 0) is 53.9 Å². The van der Waals surface area contributed by atoms with Crippen molar-refractivity contribution in [2.45, 2.75) is 31.6 Å². The molecule has 3 aromatic rings. The molecular weight excluding hydrogens is 447 g/mol. The molecule has 1 aromatic heterocycles. The maximum Gasteiger partial charge on any atom is 0.242 e. The smallest absolute Gasteiger partial charge is 0.242 e. The Labute approximate surface area is 196 Å². The molecular formula is C24H22Cl2N4O2. The second-order valence-electron chi connectivity index (χ2n) is 8.31. The largest absolute Gasteiger partial charge is 0.508 e. The lowest BCUT2D eigenvalue weighted by Gasteiger charge is -2.31. The number of rotatable bonds is 4. The molecule has 0 bridgehead atoms. The van der Waals surface area contributed by atoms with E-state index in [4.69, 9.17) is 23.2 Å². The molecule has 4 unspecified atom stereocenters. The highest BCUT2D eigenvalue weighted by atomic mass is 35.5. The standard InChI is InChI=1S/C24H22Cl2N4O2/c1-13-8-19(31)17(10-18(13)26)21-20-22(29-28-21)24(32)30(12-14-4-3-7-27-11-14)23(20)15-5-2-6-16(25)9-15/h2-11,20-23,28-29,31H,12H2,1H3. The summed E-state index contributed by atoms with van der Waals surface area (Å²) >= 11 is 12.7. The fourth-order valence-electron chi connectivity index (χ4n) is 4.85. The lowest BCUT2D eigenvalue weighted by Crippen LogP contribution is -2.41. The summed E-state index contributed by atoms with van der Waals surface area (Å²) in [6.07, 6.45) is 3.48. The topological polar surface area (TPSA) is 77.5 Å². The van der Waals surface area contributed by atoms with Gasteiger partial charge in [-0.15, -0.1) is 0 Å². The van der Waals surface area contributed by atoms with E-state index >= 15 is 0 Å². The van der Waals surface area contributed by atoms with Gasteiger partial charge in [-0.25, -0.2) is 10.9 Å². The number of phenolic OH excluding ortho intramolecular Hbond substituents is 1. The average molecular weight is 469 g/mol. The van der Waals surface area contributed by atoms with Crippen LogP contribution in [0.1, 0.15) is 34.3 Å². The number of fused-ring (bicyclic) bond motifs is 1. The number of aromatic nitrogens is 1. The van der Waals surface area contributed by atoms with E-state index < -0.39 is 6.04 Å². The van der Waals surface area contributed by atoms with E-state index in [1.807, 2.05) is 48.2 Å². The van der Waals surface area contributed by atoms with E-state index in [0.29, 0.717) is 22.2 Å². The van der Waals surface area contributed by atoms with Gasteiger partial charge in [-0.1, -0.05) is 41.4 Å². The van der Waals surface area contributed by atoms with Crippen molar-refractivity contribution in [1.29, 1.82) is 0 Å². The number of amides is 1. The quantitative estimate of drug-likeness (QED) is 0.531. The van der Waals surface area contributed by atoms with Crippen molar-refractivity contribution in [2.24, 2.45) is 5.92 Å². The van der Waals surface area contributed by atoms with Gasteiger partial charge in [0.1, 0.15) is 11.8 Å². The summed E-state index contributed by atoms with van der Waals surface area (Å²) in [4.78, 5) is 19.6. The van der Waals surface area contributed by atoms with Crippen LogP contribution in [0.5, 0.6) is 5.75 Å². The fraction of sp³-hybridized carbons (Fsp3) is 0.250. The lowest BCUT2D eigenvalue weighted by atomic mass is 9.83. The number of phenols is 1. The third-order valence-corrected chi connectivity index (χ3v) is 6.96. The van der Waals surface area contributed by atoms with Gasteiger partial charge in [0.2, 0.25) is 5.91 Å². The summed E-state index contributed by atoms with van der Waals surface area (Å²) in [5.41, 5.74) is 9.73. The van der Waals surface area contributed by atoms with Crippen molar-refractivity contribution in [2.75, 3.05) is 0 Å². The molecule has 32 heavy (non-hydrogen) atoms. The number of nitrogens with one attached hydrogen (secondary N) is 2. The molecule has 2 aliphatic heterocycles. The van der Waals surface area contributed by atoms with Crippen molar-refractivity contribution in [1.82, 2.24) is 20.7 Å². The minimum Gasteiger partial charge on any atom is -0.508 e. The monoisotopic (exact) mass is 468 g/mol. The van der Waals surface area contributed by atoms with Crippen molar-refractivity contribution in [3.63, 3.8) is 0 Å². The molecule has 3 heterocycles. The molecule has 2 aliphatic rings. The minimum atomic E-state index is -0.458. The first-order chi connectivity index (χ1) is 15.4. The number of pyridine rings is 1. The number of carbonyl (C=O) groups is 1. The Kier molecular flexibility index (Phi) is 5.55. The van der Waals surface area contributed by atoms with E-state index in [9.17, 15) is 9.90 Å². The Balaban J connectivity index is 1.60. The van der Waals surface area contributed by atoms with Crippen LogP contribution in [0.2, 0.25) is 10.0 Å². The zero-order valence-electron chi connectivity index (χ0n) is 17.3. The molecule has 0 spiro atoms. The minimum absolute atomic E-state index is 0.0171. The number of halogens is 2. The molecule has 0 radical (unpaired) electrons. The number of benzene rings is 2. The number of hydrazine groups is 1. The van der Waals surface area contributed by atoms with Crippen LogP contribution in [0, 0.1) is 12.8 Å². The predicted octanol–water partition coefficient (Wildman–Crippen LogP) is 4.32. The van der Waals surface area contributed by atoms with Crippen LogP contribution in [0.25, 0.3) is 0 Å². The molecule has 2 aromatic carbocycles. The third kappa shape index (κ3) is 3.63. The summed E-state index contributed by atoms with van der Waals surface area (Å²) in [5.74, 6) is -0.0614. The van der Waals surface area contributed by atoms with Gasteiger partial charge in [-0.2, -0.15) is 0 Å². The third-order valence-electron chi connectivity index (χ3n) is 6.32. The number of aryl methyl sites for hydroxylation is 1. The maximum atomic E-state index is 13.5. The number of hydrogen-bond donors (Lipinski definition) is 3. The van der Waals surface area contributed by atoms with Gasteiger partial charge in [0.25, 0.3) is 0 Å². The maximum absolute atomic E-state index is 13.5. The summed E-state index contributed by atoms with van der Waals surface area (Å²) < 4.78 is 0. The van der Waals surface area contributed by atoms with Crippen LogP contribution in [0.4, 0.5) is 0 Å². The van der Waals surface area contributed by atoms with E-state index in [1.54, 1.807) is 24.5 Å². The van der Waals surface area contributed by atoms with E-state index in [0.717, 1.165) is 16.7 Å². The first-order valence-electron chi connectivity index (χ1n) is 10.4. The van der Waals surface area contributed by atoms with E-state index in [-0.39, 0.29) is 29.7 Å². The van der Waals surface area contributed by atoms with Gasteiger partial charge in [0.15, 0.2) is 0 Å². The molecule has 0 aliphatic carbocycles. The van der Waals surface area contributed by atoms with E-state index in [1.165, 1.54) is 0 Å². The van der Waals surface area contributed by atoms with Gasteiger partial charge < -0.3 is 10.0 Å². The number of nitrogens with zero attached hydrogens (tertiary/aromatic N) is 2. The zero-order chi connectivity index (χ0) is 22.4. The highest BCUT2D eigenvalue weighted by molar-refractivity contribution is 6.31. The number of hydrogen-bond acceptors (Lipinski definition) is 5. The Morgan fingerprint density at radius 3 is 2.66 bits per heavy atom. The van der Waals surface area contributed by atoms with Crippen molar-refractivity contribution >= 4 is 29.1 Å². The SMILES string of the molecule is Cc1cc(O)c(C2NNC3C(=O)N(Cc4cccnc4)C(c4cccc(Cl)c4)C32)cc1Cl. The first kappa shape index (κ1) is 21.2. The fourth-order valence-corrected chi connectivity index (χ4v) is 5.22. The first-order valence-corrected chi connectivity index (χ1v) is 11.1. The predicted molar refractivity (Wildman–Crippen MR) is 123 cm³/mol. The molecule has 2 saturated heterocycles. The molecule has 0 saturated carbocycles. The molecule has 2 fully saturated rings. The average Bonchev–Trinajstić information content (AvgIpc) is 3.31. The molecule has 6 nitrogen and oxygen atoms in total. The summed E-state index contributed by atoms with van der Waals surface area (Å²) in [6.45, 7) is 2.27. The summed E-state index contributed by atoms with van der Waals surface area (Å²) in [7, 11) is 0. The Morgan fingerprint density at radius 1 is 1.09 bits per heavy atom. The van der Waals surface area contributed by atoms with Crippen molar-refractivity contribution in [3.8, 4) is 5.75 Å². The molecule has 1 amide bonds. The highest BCUT2D eigenvalue weighted by Crippen LogP contribution is 2.49. The zero-order valence-corrected chi connectivity index (χ0v) is 18.8. The van der Waals surface area contributed by atoms with Crippen molar-refractivity contribution < 1.29 is 9.90 Å². The molecule has 3 N–H and O–H groups in total. The molecule has 5 rings (SSSR count). The molecule has 164 valence electrons. The van der Waals surface area contributed by atoms with Gasteiger partial charge in [0.05, 0.1) is 12.1 Å². The van der Waals surface area contributed by atoms with E-state index in [2.05, 4.69) is 15.8 Å². The van der Waals surface area contributed by atoms with Gasteiger partial charge in [-0.3, -0.25) is 9.78 Å². The lowest BCUT2D eigenvalue weighted by molar-refractivity contribution is -0.131. The van der Waals surface area contributed by atoms with Gasteiger partial charge in [0, 0.05) is 40.5 Å².